The van der Waals surface area contributed by atoms with Crippen molar-refractivity contribution in [2.24, 2.45) is 5.92 Å². The van der Waals surface area contributed by atoms with Gasteiger partial charge in [0.1, 0.15) is 0 Å². The van der Waals surface area contributed by atoms with Crippen LogP contribution in [-0.4, -0.2) is 23.0 Å². The lowest BCUT2D eigenvalue weighted by molar-refractivity contribution is -0.122. The Morgan fingerprint density at radius 3 is 2.43 bits per heavy atom. The SMILES string of the molecule is CCC1(C)CC(NC(=O)Cc2ccccc2)C(C)C(C)(CC)N1. The summed E-state index contributed by atoms with van der Waals surface area (Å²) in [4.78, 5) is 12.5. The Morgan fingerprint density at radius 1 is 1.22 bits per heavy atom. The van der Waals surface area contributed by atoms with Crippen LogP contribution in [-0.2, 0) is 11.2 Å². The Bertz CT molecular complexity index is 530. The number of nitrogens with one attached hydrogen (secondary N) is 2. The summed E-state index contributed by atoms with van der Waals surface area (Å²) in [5.41, 5.74) is 1.22. The second-order valence-corrected chi connectivity index (χ2v) is 7.64. The number of rotatable bonds is 5. The van der Waals surface area contributed by atoms with Gasteiger partial charge in [0.2, 0.25) is 5.91 Å². The number of piperidine rings is 1. The van der Waals surface area contributed by atoms with E-state index < -0.39 is 0 Å². The highest BCUT2D eigenvalue weighted by Crippen LogP contribution is 2.37. The standard InChI is InChI=1S/C20H32N2O/c1-6-19(4)14-17(15(3)20(5,7-2)22-19)21-18(23)13-16-11-9-8-10-12-16/h8-12,15,17,22H,6-7,13-14H2,1-5H3,(H,21,23). The highest BCUT2D eigenvalue weighted by molar-refractivity contribution is 5.78. The van der Waals surface area contributed by atoms with Crippen LogP contribution in [0.1, 0.15) is 59.4 Å². The Hall–Kier alpha value is -1.35. The molecule has 0 bridgehead atoms. The first kappa shape index (κ1) is 18.0. The maximum absolute atomic E-state index is 12.5. The van der Waals surface area contributed by atoms with Gasteiger partial charge in [-0.25, -0.2) is 0 Å². The summed E-state index contributed by atoms with van der Waals surface area (Å²) in [5.74, 6) is 0.540. The van der Waals surface area contributed by atoms with Crippen LogP contribution in [0.4, 0.5) is 0 Å². The molecule has 1 aromatic carbocycles. The third-order valence-electron chi connectivity index (χ3n) is 5.93. The number of benzene rings is 1. The van der Waals surface area contributed by atoms with Crippen molar-refractivity contribution in [2.75, 3.05) is 0 Å². The summed E-state index contributed by atoms with van der Waals surface area (Å²) >= 11 is 0. The molecule has 0 spiro atoms. The van der Waals surface area contributed by atoms with Gasteiger partial charge in [0, 0.05) is 17.1 Å². The largest absolute Gasteiger partial charge is 0.353 e. The van der Waals surface area contributed by atoms with Gasteiger partial charge >= 0.3 is 0 Å². The summed E-state index contributed by atoms with van der Waals surface area (Å²) in [6.45, 7) is 11.3. The molecule has 4 unspecified atom stereocenters. The van der Waals surface area contributed by atoms with E-state index >= 15 is 0 Å². The van der Waals surface area contributed by atoms with E-state index in [-0.39, 0.29) is 23.0 Å². The molecule has 23 heavy (non-hydrogen) atoms. The summed E-state index contributed by atoms with van der Waals surface area (Å²) in [7, 11) is 0. The molecule has 1 amide bonds. The van der Waals surface area contributed by atoms with Crippen molar-refractivity contribution in [1.29, 1.82) is 0 Å². The van der Waals surface area contributed by atoms with Gasteiger partial charge in [-0.15, -0.1) is 0 Å². The molecular weight excluding hydrogens is 284 g/mol. The third kappa shape index (κ3) is 4.14. The zero-order valence-corrected chi connectivity index (χ0v) is 15.3. The molecule has 4 atom stereocenters. The first-order chi connectivity index (χ1) is 10.8. The van der Waals surface area contributed by atoms with Gasteiger partial charge in [-0.2, -0.15) is 0 Å². The minimum atomic E-state index is 0.0632. The van der Waals surface area contributed by atoms with Crippen molar-refractivity contribution in [2.45, 2.75) is 77.4 Å². The maximum atomic E-state index is 12.5. The Balaban J connectivity index is 2.09. The third-order valence-corrected chi connectivity index (χ3v) is 5.93. The fourth-order valence-electron chi connectivity index (χ4n) is 3.82. The van der Waals surface area contributed by atoms with E-state index in [0.29, 0.717) is 12.3 Å². The predicted octanol–water partition coefficient (Wildman–Crippen LogP) is 3.68. The normalized spacial score (nSPS) is 34.1. The van der Waals surface area contributed by atoms with Gasteiger partial charge in [-0.3, -0.25) is 4.79 Å². The second kappa shape index (κ2) is 7.04. The summed E-state index contributed by atoms with van der Waals surface area (Å²) in [6, 6.07) is 10.2. The van der Waals surface area contributed by atoms with Crippen molar-refractivity contribution in [1.82, 2.24) is 10.6 Å². The van der Waals surface area contributed by atoms with Crippen LogP contribution in [0.25, 0.3) is 0 Å². The molecule has 1 heterocycles. The number of carbonyl (C=O) groups excluding carboxylic acids is 1. The lowest BCUT2D eigenvalue weighted by Gasteiger charge is -2.53. The molecule has 2 rings (SSSR count). The topological polar surface area (TPSA) is 41.1 Å². The van der Waals surface area contributed by atoms with Crippen molar-refractivity contribution >= 4 is 5.91 Å². The van der Waals surface area contributed by atoms with Gasteiger partial charge in [-0.1, -0.05) is 51.1 Å². The Kier molecular flexibility index (Phi) is 5.51. The summed E-state index contributed by atoms with van der Waals surface area (Å²) in [5, 5.41) is 7.17. The highest BCUT2D eigenvalue weighted by atomic mass is 16.1. The van der Waals surface area contributed by atoms with Crippen molar-refractivity contribution in [3.8, 4) is 0 Å². The van der Waals surface area contributed by atoms with Crippen molar-refractivity contribution < 1.29 is 4.79 Å². The smallest absolute Gasteiger partial charge is 0.224 e. The van der Waals surface area contributed by atoms with E-state index in [1.165, 1.54) is 0 Å². The van der Waals surface area contributed by atoms with Gasteiger partial charge in [0.25, 0.3) is 0 Å². The molecule has 3 nitrogen and oxygen atoms in total. The van der Waals surface area contributed by atoms with Crippen LogP contribution in [0.3, 0.4) is 0 Å². The first-order valence-corrected chi connectivity index (χ1v) is 8.94. The zero-order chi connectivity index (χ0) is 17.1. The predicted molar refractivity (Wildman–Crippen MR) is 96.4 cm³/mol. The molecule has 1 aromatic rings. The van der Waals surface area contributed by atoms with Crippen molar-refractivity contribution in [3.63, 3.8) is 0 Å². The molecule has 128 valence electrons. The quantitative estimate of drug-likeness (QED) is 0.870. The zero-order valence-electron chi connectivity index (χ0n) is 15.3. The van der Waals surface area contributed by atoms with E-state index in [2.05, 4.69) is 45.3 Å². The number of amides is 1. The van der Waals surface area contributed by atoms with Crippen molar-refractivity contribution in [3.05, 3.63) is 35.9 Å². The molecule has 1 saturated heterocycles. The number of carbonyl (C=O) groups is 1. The van der Waals surface area contributed by atoms with E-state index in [1.807, 2.05) is 30.3 Å². The molecule has 1 fully saturated rings. The van der Waals surface area contributed by atoms with Gasteiger partial charge in [0.05, 0.1) is 6.42 Å². The molecule has 0 saturated carbocycles. The van der Waals surface area contributed by atoms with Crippen LogP contribution in [0.2, 0.25) is 0 Å². The molecule has 0 aromatic heterocycles. The number of hydrogen-bond acceptors (Lipinski definition) is 2. The Morgan fingerprint density at radius 2 is 1.87 bits per heavy atom. The molecular formula is C20H32N2O. The lowest BCUT2D eigenvalue weighted by Crippen LogP contribution is -2.68. The van der Waals surface area contributed by atoms with E-state index in [4.69, 9.17) is 0 Å². The monoisotopic (exact) mass is 316 g/mol. The highest BCUT2D eigenvalue weighted by Gasteiger charge is 2.46. The first-order valence-electron chi connectivity index (χ1n) is 8.94. The minimum Gasteiger partial charge on any atom is -0.353 e. The molecule has 0 radical (unpaired) electrons. The molecule has 1 aliphatic heterocycles. The van der Waals surface area contributed by atoms with Crippen LogP contribution in [0.15, 0.2) is 30.3 Å². The molecule has 1 aliphatic rings. The van der Waals surface area contributed by atoms with Gasteiger partial charge < -0.3 is 10.6 Å². The average molecular weight is 316 g/mol. The summed E-state index contributed by atoms with van der Waals surface area (Å²) in [6.07, 6.45) is 3.58. The van der Waals surface area contributed by atoms with Crippen LogP contribution >= 0.6 is 0 Å². The van der Waals surface area contributed by atoms with E-state index in [0.717, 1.165) is 24.8 Å². The number of hydrogen-bond donors (Lipinski definition) is 2. The average Bonchev–Trinajstić information content (AvgIpc) is 2.53. The summed E-state index contributed by atoms with van der Waals surface area (Å²) < 4.78 is 0. The van der Waals surface area contributed by atoms with Crippen LogP contribution < -0.4 is 10.6 Å². The maximum Gasteiger partial charge on any atom is 0.224 e. The van der Waals surface area contributed by atoms with Crippen LogP contribution in [0, 0.1) is 5.92 Å². The molecule has 0 aliphatic carbocycles. The van der Waals surface area contributed by atoms with Gasteiger partial charge in [0.15, 0.2) is 0 Å². The van der Waals surface area contributed by atoms with E-state index in [9.17, 15) is 4.79 Å². The van der Waals surface area contributed by atoms with E-state index in [1.54, 1.807) is 0 Å². The van der Waals surface area contributed by atoms with Gasteiger partial charge in [-0.05, 0) is 44.6 Å². The molecule has 2 N–H and O–H groups in total. The fourth-order valence-corrected chi connectivity index (χ4v) is 3.82. The molecule has 3 heteroatoms. The lowest BCUT2D eigenvalue weighted by atomic mass is 9.69. The fraction of sp³-hybridized carbons (Fsp3) is 0.650. The minimum absolute atomic E-state index is 0.0632. The second-order valence-electron chi connectivity index (χ2n) is 7.64. The Labute approximate surface area is 141 Å². The van der Waals surface area contributed by atoms with Crippen LogP contribution in [0.5, 0.6) is 0 Å².